The Morgan fingerprint density at radius 2 is 2.20 bits per heavy atom. The molecular formula is C15H16FN3S. The minimum Gasteiger partial charge on any atom is -0.384 e. The molecule has 0 radical (unpaired) electrons. The molecule has 0 bridgehead atoms. The number of nitrogen functional groups attached to an aromatic ring is 1. The Morgan fingerprint density at radius 1 is 1.40 bits per heavy atom. The SMILES string of the molecule is N=C(N)c1ccc(N(Cc2cccs2)C2CC2)c(F)c1. The van der Waals surface area contributed by atoms with E-state index in [0.717, 1.165) is 19.4 Å². The number of nitrogens with two attached hydrogens (primary N) is 1. The zero-order chi connectivity index (χ0) is 14.1. The number of anilines is 1. The summed E-state index contributed by atoms with van der Waals surface area (Å²) in [5.41, 5.74) is 6.43. The van der Waals surface area contributed by atoms with Crippen molar-refractivity contribution in [1.29, 1.82) is 5.41 Å². The molecule has 1 aliphatic rings. The minimum atomic E-state index is -0.304. The number of hydrogen-bond donors (Lipinski definition) is 2. The van der Waals surface area contributed by atoms with Gasteiger partial charge in [0.25, 0.3) is 0 Å². The molecule has 20 heavy (non-hydrogen) atoms. The first kappa shape index (κ1) is 13.1. The van der Waals surface area contributed by atoms with Crippen molar-refractivity contribution in [3.05, 3.63) is 52.0 Å². The first-order valence-corrected chi connectivity index (χ1v) is 7.46. The molecule has 0 spiro atoms. The number of halogens is 1. The predicted molar refractivity (Wildman–Crippen MR) is 80.9 cm³/mol. The van der Waals surface area contributed by atoms with Gasteiger partial charge in [0.15, 0.2) is 0 Å². The summed E-state index contributed by atoms with van der Waals surface area (Å²) in [7, 11) is 0. The molecule has 1 aromatic heterocycles. The lowest BCUT2D eigenvalue weighted by atomic mass is 10.1. The van der Waals surface area contributed by atoms with E-state index >= 15 is 0 Å². The summed E-state index contributed by atoms with van der Waals surface area (Å²) in [6, 6.07) is 9.31. The molecular weight excluding hydrogens is 273 g/mol. The number of hydrogen-bond acceptors (Lipinski definition) is 3. The highest BCUT2D eigenvalue weighted by Gasteiger charge is 2.31. The molecule has 3 rings (SSSR count). The molecule has 1 aromatic carbocycles. The molecule has 3 nitrogen and oxygen atoms in total. The van der Waals surface area contributed by atoms with E-state index in [9.17, 15) is 4.39 Å². The number of nitrogens with one attached hydrogen (secondary N) is 1. The highest BCUT2D eigenvalue weighted by Crippen LogP contribution is 2.35. The topological polar surface area (TPSA) is 53.1 Å². The molecule has 104 valence electrons. The van der Waals surface area contributed by atoms with Gasteiger partial charge in [-0.1, -0.05) is 6.07 Å². The van der Waals surface area contributed by atoms with Gasteiger partial charge in [-0.15, -0.1) is 11.3 Å². The van der Waals surface area contributed by atoms with E-state index in [1.54, 1.807) is 23.5 Å². The van der Waals surface area contributed by atoms with E-state index in [1.165, 1.54) is 10.9 Å². The third-order valence-corrected chi connectivity index (χ3v) is 4.32. The molecule has 0 aliphatic heterocycles. The van der Waals surface area contributed by atoms with Crippen LogP contribution in [0.25, 0.3) is 0 Å². The standard InChI is InChI=1S/C15H16FN3S/c16-13-8-10(15(17)18)3-6-14(13)19(11-4-5-11)9-12-2-1-7-20-12/h1-3,6-8,11H,4-5,9H2,(H3,17,18). The molecule has 1 heterocycles. The fraction of sp³-hybridized carbons (Fsp3) is 0.267. The lowest BCUT2D eigenvalue weighted by Crippen LogP contribution is -2.25. The Balaban J connectivity index is 1.89. The summed E-state index contributed by atoms with van der Waals surface area (Å²) in [6.45, 7) is 0.735. The molecule has 0 atom stereocenters. The second-order valence-electron chi connectivity index (χ2n) is 5.02. The van der Waals surface area contributed by atoms with Gasteiger partial charge >= 0.3 is 0 Å². The van der Waals surface area contributed by atoms with Gasteiger partial charge < -0.3 is 10.6 Å². The van der Waals surface area contributed by atoms with E-state index in [0.29, 0.717) is 17.3 Å². The van der Waals surface area contributed by atoms with Crippen molar-refractivity contribution in [2.45, 2.75) is 25.4 Å². The third-order valence-electron chi connectivity index (χ3n) is 3.46. The van der Waals surface area contributed by atoms with Gasteiger partial charge in [0.2, 0.25) is 0 Å². The zero-order valence-corrected chi connectivity index (χ0v) is 11.8. The summed E-state index contributed by atoms with van der Waals surface area (Å²) in [4.78, 5) is 3.34. The molecule has 3 N–H and O–H groups in total. The van der Waals surface area contributed by atoms with Crippen LogP contribution in [0.1, 0.15) is 23.3 Å². The van der Waals surface area contributed by atoms with Crippen LogP contribution in [0, 0.1) is 11.2 Å². The van der Waals surface area contributed by atoms with Crippen LogP contribution in [0.3, 0.4) is 0 Å². The van der Waals surface area contributed by atoms with Crippen molar-refractivity contribution in [3.8, 4) is 0 Å². The fourth-order valence-electron chi connectivity index (χ4n) is 2.27. The first-order chi connectivity index (χ1) is 9.65. The monoisotopic (exact) mass is 289 g/mol. The van der Waals surface area contributed by atoms with Gasteiger partial charge in [-0.05, 0) is 42.5 Å². The van der Waals surface area contributed by atoms with Crippen molar-refractivity contribution in [2.75, 3.05) is 4.90 Å². The number of nitrogens with zero attached hydrogens (tertiary/aromatic N) is 1. The number of rotatable bonds is 5. The second kappa shape index (κ2) is 5.25. The molecule has 0 unspecified atom stereocenters. The number of thiophene rings is 1. The van der Waals surface area contributed by atoms with Crippen LogP contribution in [0.15, 0.2) is 35.7 Å². The van der Waals surface area contributed by atoms with Gasteiger partial charge in [-0.2, -0.15) is 0 Å². The first-order valence-electron chi connectivity index (χ1n) is 6.58. The van der Waals surface area contributed by atoms with E-state index in [-0.39, 0.29) is 11.7 Å². The Hall–Kier alpha value is -1.88. The summed E-state index contributed by atoms with van der Waals surface area (Å²) in [5.74, 6) is -0.409. The summed E-state index contributed by atoms with van der Waals surface area (Å²) in [5, 5.41) is 9.40. The van der Waals surface area contributed by atoms with Crippen LogP contribution < -0.4 is 10.6 Å². The van der Waals surface area contributed by atoms with Crippen LogP contribution in [0.4, 0.5) is 10.1 Å². The van der Waals surface area contributed by atoms with E-state index in [4.69, 9.17) is 11.1 Å². The predicted octanol–water partition coefficient (Wildman–Crippen LogP) is 3.34. The largest absolute Gasteiger partial charge is 0.384 e. The van der Waals surface area contributed by atoms with Crippen molar-refractivity contribution >= 4 is 22.9 Å². The van der Waals surface area contributed by atoms with Gasteiger partial charge in [0, 0.05) is 16.5 Å². The van der Waals surface area contributed by atoms with Gasteiger partial charge in [0.05, 0.1) is 12.2 Å². The summed E-state index contributed by atoms with van der Waals surface area (Å²) in [6.07, 6.45) is 2.22. The van der Waals surface area contributed by atoms with Gasteiger partial charge in [-0.25, -0.2) is 4.39 Å². The van der Waals surface area contributed by atoms with Crippen molar-refractivity contribution in [3.63, 3.8) is 0 Å². The van der Waals surface area contributed by atoms with Crippen LogP contribution in [-0.2, 0) is 6.54 Å². The maximum absolute atomic E-state index is 14.3. The molecule has 1 aliphatic carbocycles. The average molecular weight is 289 g/mol. The smallest absolute Gasteiger partial charge is 0.147 e. The van der Waals surface area contributed by atoms with E-state index in [2.05, 4.69) is 11.0 Å². The molecule has 0 amide bonds. The fourth-order valence-corrected chi connectivity index (χ4v) is 2.98. The van der Waals surface area contributed by atoms with Crippen LogP contribution in [-0.4, -0.2) is 11.9 Å². The molecule has 5 heteroatoms. The van der Waals surface area contributed by atoms with Crippen LogP contribution in [0.2, 0.25) is 0 Å². The molecule has 0 saturated heterocycles. The Bertz CT molecular complexity index is 620. The third kappa shape index (κ3) is 2.67. The van der Waals surface area contributed by atoms with Gasteiger partial charge in [0.1, 0.15) is 11.7 Å². The second-order valence-corrected chi connectivity index (χ2v) is 6.05. The lowest BCUT2D eigenvalue weighted by molar-refractivity contribution is 0.615. The quantitative estimate of drug-likeness (QED) is 0.655. The van der Waals surface area contributed by atoms with Crippen molar-refractivity contribution in [2.24, 2.45) is 5.73 Å². The molecule has 1 fully saturated rings. The Kier molecular flexibility index (Phi) is 3.44. The molecule has 2 aromatic rings. The van der Waals surface area contributed by atoms with Gasteiger partial charge in [-0.3, -0.25) is 5.41 Å². The summed E-state index contributed by atoms with van der Waals surface area (Å²) >= 11 is 1.69. The Labute approximate surface area is 121 Å². The molecule has 1 saturated carbocycles. The summed E-state index contributed by atoms with van der Waals surface area (Å²) < 4.78 is 14.3. The normalized spacial score (nSPS) is 14.2. The maximum atomic E-state index is 14.3. The van der Waals surface area contributed by atoms with E-state index in [1.807, 2.05) is 11.4 Å². The highest BCUT2D eigenvalue weighted by molar-refractivity contribution is 7.09. The number of benzene rings is 1. The van der Waals surface area contributed by atoms with Crippen LogP contribution in [0.5, 0.6) is 0 Å². The average Bonchev–Trinajstić information content (AvgIpc) is 3.14. The van der Waals surface area contributed by atoms with Crippen LogP contribution >= 0.6 is 11.3 Å². The van der Waals surface area contributed by atoms with Crippen molar-refractivity contribution < 1.29 is 4.39 Å². The van der Waals surface area contributed by atoms with E-state index < -0.39 is 0 Å². The van der Waals surface area contributed by atoms with Crippen molar-refractivity contribution in [1.82, 2.24) is 0 Å². The lowest BCUT2D eigenvalue weighted by Gasteiger charge is -2.25. The zero-order valence-electron chi connectivity index (χ0n) is 11.0. The maximum Gasteiger partial charge on any atom is 0.147 e. The highest BCUT2D eigenvalue weighted by atomic mass is 32.1. The Morgan fingerprint density at radius 3 is 2.75 bits per heavy atom. The minimum absolute atomic E-state index is 0.105. The number of amidine groups is 1.